The third kappa shape index (κ3) is 3.71. The largest absolute Gasteiger partial charge is 0.442 e. The van der Waals surface area contributed by atoms with Crippen molar-refractivity contribution in [2.24, 2.45) is 10.2 Å². The predicted molar refractivity (Wildman–Crippen MR) is 81.6 cm³/mol. The molecule has 1 aromatic carbocycles. The molecule has 1 fully saturated rings. The molecule has 1 saturated heterocycles. The van der Waals surface area contributed by atoms with Gasteiger partial charge < -0.3 is 10.1 Å². The van der Waals surface area contributed by atoms with Gasteiger partial charge in [0.1, 0.15) is 6.61 Å². The van der Waals surface area contributed by atoms with Crippen molar-refractivity contribution >= 4 is 15.9 Å². The molecule has 0 spiro atoms. The van der Waals surface area contributed by atoms with E-state index in [2.05, 4.69) is 15.5 Å². The molecular formula is C14H15F3N4O4S. The minimum atomic E-state index is -4.70. The smallest absolute Gasteiger partial charge is 0.367 e. The average molecular weight is 392 g/mol. The highest BCUT2D eigenvalue weighted by Crippen LogP contribution is 2.52. The lowest BCUT2D eigenvalue weighted by atomic mass is 10.0. The van der Waals surface area contributed by atoms with E-state index in [1.165, 1.54) is 0 Å². The van der Waals surface area contributed by atoms with Crippen molar-refractivity contribution in [3.8, 4) is 0 Å². The number of carbonyl (C=O) groups excluding carboxylic acids is 1. The zero-order valence-electron chi connectivity index (χ0n) is 13.3. The number of hydrogen-bond acceptors (Lipinski definition) is 7. The predicted octanol–water partition coefficient (Wildman–Crippen LogP) is 1.05. The van der Waals surface area contributed by atoms with Crippen LogP contribution in [0.15, 0.2) is 39.4 Å². The van der Waals surface area contributed by atoms with Gasteiger partial charge in [-0.05, 0) is 25.1 Å². The number of ether oxygens (including phenoxy) is 1. The lowest BCUT2D eigenvalue weighted by Gasteiger charge is -2.15. The molecule has 1 atom stereocenters. The maximum atomic E-state index is 12.9. The Balaban J connectivity index is 1.63. The molecule has 2 aliphatic heterocycles. The lowest BCUT2D eigenvalue weighted by Crippen LogP contribution is -2.35. The van der Waals surface area contributed by atoms with Gasteiger partial charge in [0.25, 0.3) is 15.9 Å². The van der Waals surface area contributed by atoms with Gasteiger partial charge in [-0.3, -0.25) is 4.79 Å². The van der Waals surface area contributed by atoms with Crippen LogP contribution < -0.4 is 10.0 Å². The third-order valence-electron chi connectivity index (χ3n) is 3.98. The average Bonchev–Trinajstić information content (AvgIpc) is 3.23. The topological polar surface area (TPSA) is 109 Å². The number of sulfonamides is 1. The van der Waals surface area contributed by atoms with Gasteiger partial charge in [0.05, 0.1) is 11.0 Å². The van der Waals surface area contributed by atoms with E-state index in [-0.39, 0.29) is 16.6 Å². The first kappa shape index (κ1) is 18.7. The van der Waals surface area contributed by atoms with Gasteiger partial charge in [-0.1, -0.05) is 12.1 Å². The number of benzene rings is 1. The van der Waals surface area contributed by atoms with Crippen LogP contribution in [-0.2, 0) is 25.2 Å². The van der Waals surface area contributed by atoms with Crippen LogP contribution in [-0.4, -0.2) is 46.3 Å². The third-order valence-corrected chi connectivity index (χ3v) is 5.37. The SMILES string of the molecule is O=C(COC1CCNC1)NS(=O)(=O)c1ccc(C2(C(F)(F)F)N=N2)cc1. The molecular weight excluding hydrogens is 377 g/mol. The molecule has 142 valence electrons. The van der Waals surface area contributed by atoms with E-state index < -0.39 is 34.4 Å². The molecule has 0 radical (unpaired) electrons. The fourth-order valence-electron chi connectivity index (χ4n) is 2.51. The molecule has 0 bridgehead atoms. The highest BCUT2D eigenvalue weighted by molar-refractivity contribution is 7.90. The molecule has 12 heteroatoms. The van der Waals surface area contributed by atoms with E-state index >= 15 is 0 Å². The maximum absolute atomic E-state index is 12.9. The number of alkyl halides is 3. The van der Waals surface area contributed by atoms with Gasteiger partial charge in [0, 0.05) is 12.1 Å². The number of amides is 1. The summed E-state index contributed by atoms with van der Waals surface area (Å²) in [7, 11) is -4.22. The van der Waals surface area contributed by atoms with Crippen LogP contribution in [0.3, 0.4) is 0 Å². The van der Waals surface area contributed by atoms with E-state index in [1.807, 2.05) is 4.72 Å². The Morgan fingerprint density at radius 2 is 1.96 bits per heavy atom. The molecule has 0 aliphatic carbocycles. The Bertz CT molecular complexity index is 812. The van der Waals surface area contributed by atoms with Crippen LogP contribution in [0, 0.1) is 0 Å². The van der Waals surface area contributed by atoms with Gasteiger partial charge in [-0.2, -0.15) is 13.2 Å². The number of nitrogens with zero attached hydrogens (tertiary/aromatic N) is 2. The normalized spacial score (nSPS) is 21.6. The molecule has 1 aromatic rings. The Morgan fingerprint density at radius 3 is 2.46 bits per heavy atom. The summed E-state index contributed by atoms with van der Waals surface area (Å²) >= 11 is 0. The second-order valence-electron chi connectivity index (χ2n) is 5.85. The Hall–Kier alpha value is -2.05. The molecule has 2 N–H and O–H groups in total. The summed E-state index contributed by atoms with van der Waals surface area (Å²) in [5.74, 6) is -0.861. The molecule has 1 unspecified atom stereocenters. The molecule has 0 aromatic heterocycles. The minimum absolute atomic E-state index is 0.160. The van der Waals surface area contributed by atoms with Crippen molar-refractivity contribution in [2.45, 2.75) is 29.3 Å². The molecule has 0 saturated carbocycles. The summed E-state index contributed by atoms with van der Waals surface area (Å²) in [5.41, 5.74) is -2.92. The van der Waals surface area contributed by atoms with E-state index in [9.17, 15) is 26.4 Å². The van der Waals surface area contributed by atoms with E-state index in [4.69, 9.17) is 4.74 Å². The van der Waals surface area contributed by atoms with Crippen LogP contribution in [0.25, 0.3) is 0 Å². The highest BCUT2D eigenvalue weighted by Gasteiger charge is 2.65. The Kier molecular flexibility index (Phi) is 4.75. The van der Waals surface area contributed by atoms with Gasteiger partial charge in [-0.15, -0.1) is 10.2 Å². The maximum Gasteiger partial charge on any atom is 0.442 e. The summed E-state index contributed by atoms with van der Waals surface area (Å²) in [4.78, 5) is 11.4. The summed E-state index contributed by atoms with van der Waals surface area (Å²) < 4.78 is 70.1. The van der Waals surface area contributed by atoms with E-state index in [0.29, 0.717) is 6.54 Å². The summed E-state index contributed by atoms with van der Waals surface area (Å²) in [6.45, 7) is 0.909. The summed E-state index contributed by atoms with van der Waals surface area (Å²) in [5, 5.41) is 9.11. The van der Waals surface area contributed by atoms with Crippen LogP contribution in [0.4, 0.5) is 13.2 Å². The van der Waals surface area contributed by atoms with Crippen LogP contribution in [0.2, 0.25) is 0 Å². The zero-order chi connectivity index (χ0) is 19.0. The summed E-state index contributed by atoms with van der Waals surface area (Å²) in [6, 6.07) is 3.85. The fraction of sp³-hybridized carbons (Fsp3) is 0.500. The fourth-order valence-corrected chi connectivity index (χ4v) is 3.48. The first-order valence-corrected chi connectivity index (χ1v) is 9.12. The van der Waals surface area contributed by atoms with E-state index in [1.54, 1.807) is 0 Å². The van der Waals surface area contributed by atoms with Gasteiger partial charge in [-0.25, -0.2) is 13.1 Å². The van der Waals surface area contributed by atoms with E-state index in [0.717, 1.165) is 37.2 Å². The number of hydrogen-bond donors (Lipinski definition) is 2. The molecule has 26 heavy (non-hydrogen) atoms. The van der Waals surface area contributed by atoms with Crippen molar-refractivity contribution in [3.63, 3.8) is 0 Å². The zero-order valence-corrected chi connectivity index (χ0v) is 14.1. The molecule has 8 nitrogen and oxygen atoms in total. The lowest BCUT2D eigenvalue weighted by molar-refractivity contribution is -0.166. The van der Waals surface area contributed by atoms with Crippen molar-refractivity contribution in [3.05, 3.63) is 29.8 Å². The first-order chi connectivity index (χ1) is 12.1. The number of halogens is 3. The number of rotatable bonds is 6. The standard InChI is InChI=1S/C14H15F3N4O4S/c15-14(16,17)13(20-21-13)9-1-3-11(4-2-9)26(23,24)19-12(22)8-25-10-5-6-18-7-10/h1-4,10,18H,5-8H2,(H,19,22). The quantitative estimate of drug-likeness (QED) is 0.752. The van der Waals surface area contributed by atoms with Crippen molar-refractivity contribution in [1.29, 1.82) is 0 Å². The van der Waals surface area contributed by atoms with Gasteiger partial charge in [0.15, 0.2) is 0 Å². The van der Waals surface area contributed by atoms with Crippen LogP contribution in [0.5, 0.6) is 0 Å². The van der Waals surface area contributed by atoms with Crippen LogP contribution >= 0.6 is 0 Å². The molecule has 1 amide bonds. The Labute approximate surface area is 146 Å². The van der Waals surface area contributed by atoms with Crippen molar-refractivity contribution < 1.29 is 31.1 Å². The molecule has 2 heterocycles. The van der Waals surface area contributed by atoms with Crippen molar-refractivity contribution in [1.82, 2.24) is 10.0 Å². The number of carbonyl (C=O) groups is 1. The Morgan fingerprint density at radius 1 is 1.31 bits per heavy atom. The van der Waals surface area contributed by atoms with Crippen molar-refractivity contribution in [2.75, 3.05) is 19.7 Å². The highest BCUT2D eigenvalue weighted by atomic mass is 32.2. The van der Waals surface area contributed by atoms with Gasteiger partial charge in [0.2, 0.25) is 0 Å². The number of nitrogens with one attached hydrogen (secondary N) is 2. The monoisotopic (exact) mass is 392 g/mol. The molecule has 3 rings (SSSR count). The van der Waals surface area contributed by atoms with Crippen LogP contribution in [0.1, 0.15) is 12.0 Å². The summed E-state index contributed by atoms with van der Waals surface area (Å²) in [6.07, 6.45) is -4.14. The first-order valence-electron chi connectivity index (χ1n) is 7.63. The second-order valence-corrected chi connectivity index (χ2v) is 7.53. The van der Waals surface area contributed by atoms with Gasteiger partial charge >= 0.3 is 11.8 Å². The minimum Gasteiger partial charge on any atom is -0.367 e. The second kappa shape index (κ2) is 6.59. The molecule has 2 aliphatic rings.